The third-order valence-corrected chi connectivity index (χ3v) is 4.33. The van der Waals surface area contributed by atoms with Crippen molar-refractivity contribution in [2.75, 3.05) is 0 Å². The zero-order valence-electron chi connectivity index (χ0n) is 10.2. The lowest BCUT2D eigenvalue weighted by atomic mass is 9.90. The molecule has 2 heteroatoms. The van der Waals surface area contributed by atoms with E-state index in [0.29, 0.717) is 5.92 Å². The van der Waals surface area contributed by atoms with Gasteiger partial charge in [0.15, 0.2) is 0 Å². The molecule has 0 amide bonds. The third-order valence-electron chi connectivity index (χ3n) is 3.80. The van der Waals surface area contributed by atoms with Crippen molar-refractivity contribution in [1.82, 2.24) is 0 Å². The van der Waals surface area contributed by atoms with Crippen LogP contribution in [0.4, 0.5) is 0 Å². The van der Waals surface area contributed by atoms with Gasteiger partial charge in [-0.1, -0.05) is 53.7 Å². The highest BCUT2D eigenvalue weighted by molar-refractivity contribution is 9.10. The minimum atomic E-state index is -0.158. The molecule has 0 aliphatic heterocycles. The highest BCUT2D eigenvalue weighted by Crippen LogP contribution is 2.27. The number of benzene rings is 1. The summed E-state index contributed by atoms with van der Waals surface area (Å²) in [4.78, 5) is 0. The second-order valence-corrected chi connectivity index (χ2v) is 6.07. The van der Waals surface area contributed by atoms with Crippen LogP contribution in [0.5, 0.6) is 0 Å². The minimum Gasteiger partial charge on any atom is -0.392 e. The Morgan fingerprint density at radius 2 is 1.65 bits per heavy atom. The first-order valence-corrected chi connectivity index (χ1v) is 7.47. The van der Waals surface area contributed by atoms with Gasteiger partial charge in [-0.25, -0.2) is 0 Å². The van der Waals surface area contributed by atoms with Crippen LogP contribution in [0.2, 0.25) is 0 Å². The molecule has 0 spiro atoms. The summed E-state index contributed by atoms with van der Waals surface area (Å²) in [5, 5.41) is 10.3. The fourth-order valence-corrected chi connectivity index (χ4v) is 2.99. The summed E-state index contributed by atoms with van der Waals surface area (Å²) < 4.78 is 1.10. The monoisotopic (exact) mass is 296 g/mol. The summed E-state index contributed by atoms with van der Waals surface area (Å²) in [6.07, 6.45) is 8.34. The van der Waals surface area contributed by atoms with Crippen molar-refractivity contribution in [3.8, 4) is 0 Å². The Balaban J connectivity index is 1.90. The Morgan fingerprint density at radius 1 is 1.06 bits per heavy atom. The molecule has 1 aromatic carbocycles. The second-order valence-electron chi connectivity index (χ2n) is 5.15. The van der Waals surface area contributed by atoms with Crippen LogP contribution in [0.3, 0.4) is 0 Å². The van der Waals surface area contributed by atoms with Gasteiger partial charge >= 0.3 is 0 Å². The summed E-state index contributed by atoms with van der Waals surface area (Å²) in [6, 6.07) is 8.30. The Bertz CT molecular complexity index is 325. The van der Waals surface area contributed by atoms with Crippen molar-refractivity contribution in [3.05, 3.63) is 34.3 Å². The van der Waals surface area contributed by atoms with E-state index in [1.165, 1.54) is 44.1 Å². The molecule has 1 atom stereocenters. The third kappa shape index (κ3) is 4.11. The molecule has 1 aliphatic carbocycles. The molecule has 1 saturated carbocycles. The normalized spacial score (nSPS) is 19.9. The number of aliphatic hydroxyl groups excluding tert-OH is 1. The fraction of sp³-hybridized carbons (Fsp3) is 0.600. The summed E-state index contributed by atoms with van der Waals surface area (Å²) in [5.74, 6) is 0.515. The lowest BCUT2D eigenvalue weighted by Crippen LogP contribution is -2.22. The molecule has 0 aromatic heterocycles. The van der Waals surface area contributed by atoms with E-state index in [-0.39, 0.29) is 6.10 Å². The summed E-state index contributed by atoms with van der Waals surface area (Å²) in [6.45, 7) is 0. The first kappa shape index (κ1) is 13.1. The maximum atomic E-state index is 10.3. The second kappa shape index (κ2) is 6.55. The van der Waals surface area contributed by atoms with E-state index in [2.05, 4.69) is 40.2 Å². The first-order chi connectivity index (χ1) is 8.25. The summed E-state index contributed by atoms with van der Waals surface area (Å²) in [5.41, 5.74) is 1.24. The molecule has 0 bridgehead atoms. The van der Waals surface area contributed by atoms with Gasteiger partial charge in [0.25, 0.3) is 0 Å². The molecule has 0 heterocycles. The van der Waals surface area contributed by atoms with Gasteiger partial charge in [0.2, 0.25) is 0 Å². The van der Waals surface area contributed by atoms with Gasteiger partial charge in [0.05, 0.1) is 6.10 Å². The highest BCUT2D eigenvalue weighted by atomic mass is 79.9. The molecule has 1 fully saturated rings. The highest BCUT2D eigenvalue weighted by Gasteiger charge is 2.20. The lowest BCUT2D eigenvalue weighted by molar-refractivity contribution is 0.0986. The van der Waals surface area contributed by atoms with Crippen molar-refractivity contribution in [1.29, 1.82) is 0 Å². The number of halogens is 1. The van der Waals surface area contributed by atoms with Crippen molar-refractivity contribution < 1.29 is 5.11 Å². The Labute approximate surface area is 112 Å². The van der Waals surface area contributed by atoms with Crippen LogP contribution in [-0.2, 0) is 6.42 Å². The average molecular weight is 297 g/mol. The van der Waals surface area contributed by atoms with Crippen LogP contribution < -0.4 is 0 Å². The molecule has 0 radical (unpaired) electrons. The zero-order valence-corrected chi connectivity index (χ0v) is 11.8. The van der Waals surface area contributed by atoms with Gasteiger partial charge in [-0.3, -0.25) is 0 Å². The van der Waals surface area contributed by atoms with Crippen LogP contribution in [-0.4, -0.2) is 11.2 Å². The van der Waals surface area contributed by atoms with E-state index in [9.17, 15) is 5.11 Å². The van der Waals surface area contributed by atoms with Gasteiger partial charge in [-0.05, 0) is 42.9 Å². The lowest BCUT2D eigenvalue weighted by Gasteiger charge is -2.21. The standard InChI is InChI=1S/C15H21BrO/c16-14-9-7-12(8-10-14)11-15(17)13-5-3-1-2-4-6-13/h7-10,13,15,17H,1-6,11H2. The molecule has 0 saturated heterocycles. The molecule has 1 nitrogen and oxygen atoms in total. The SMILES string of the molecule is OC(Cc1ccc(Br)cc1)C1CCCCCC1. The van der Waals surface area contributed by atoms with Crippen LogP contribution in [0, 0.1) is 5.92 Å². The van der Waals surface area contributed by atoms with Crippen molar-refractivity contribution >= 4 is 15.9 Å². The maximum absolute atomic E-state index is 10.3. The molecular formula is C15H21BrO. The molecule has 1 aliphatic rings. The molecule has 1 N–H and O–H groups in total. The van der Waals surface area contributed by atoms with Crippen LogP contribution in [0.25, 0.3) is 0 Å². The topological polar surface area (TPSA) is 20.2 Å². The number of hydrogen-bond donors (Lipinski definition) is 1. The first-order valence-electron chi connectivity index (χ1n) is 6.68. The largest absolute Gasteiger partial charge is 0.392 e. The van der Waals surface area contributed by atoms with Gasteiger partial charge in [0, 0.05) is 4.47 Å². The smallest absolute Gasteiger partial charge is 0.0608 e. The Morgan fingerprint density at radius 3 is 2.24 bits per heavy atom. The molecule has 1 unspecified atom stereocenters. The predicted octanol–water partition coefficient (Wildman–Crippen LogP) is 4.32. The van der Waals surface area contributed by atoms with E-state index in [0.717, 1.165) is 10.9 Å². The number of aliphatic hydroxyl groups is 1. The molecule has 17 heavy (non-hydrogen) atoms. The average Bonchev–Trinajstić information content (AvgIpc) is 2.61. The van der Waals surface area contributed by atoms with Crippen molar-refractivity contribution in [3.63, 3.8) is 0 Å². The van der Waals surface area contributed by atoms with Gasteiger partial charge < -0.3 is 5.11 Å². The quantitative estimate of drug-likeness (QED) is 0.824. The summed E-state index contributed by atoms with van der Waals surface area (Å²) in [7, 11) is 0. The Hall–Kier alpha value is -0.340. The van der Waals surface area contributed by atoms with Crippen LogP contribution >= 0.6 is 15.9 Å². The van der Waals surface area contributed by atoms with E-state index < -0.39 is 0 Å². The van der Waals surface area contributed by atoms with E-state index in [4.69, 9.17) is 0 Å². The zero-order chi connectivity index (χ0) is 12.1. The molecular weight excluding hydrogens is 276 g/mol. The van der Waals surface area contributed by atoms with Crippen LogP contribution in [0.15, 0.2) is 28.7 Å². The summed E-state index contributed by atoms with van der Waals surface area (Å²) >= 11 is 3.44. The van der Waals surface area contributed by atoms with Gasteiger partial charge in [0.1, 0.15) is 0 Å². The van der Waals surface area contributed by atoms with Gasteiger partial charge in [-0.2, -0.15) is 0 Å². The van der Waals surface area contributed by atoms with Gasteiger partial charge in [-0.15, -0.1) is 0 Å². The van der Waals surface area contributed by atoms with Crippen molar-refractivity contribution in [2.45, 2.75) is 51.0 Å². The van der Waals surface area contributed by atoms with E-state index in [1.54, 1.807) is 0 Å². The molecule has 2 rings (SSSR count). The Kier molecular flexibility index (Phi) is 5.05. The predicted molar refractivity (Wildman–Crippen MR) is 75.0 cm³/mol. The maximum Gasteiger partial charge on any atom is 0.0608 e. The fourth-order valence-electron chi connectivity index (χ4n) is 2.72. The van der Waals surface area contributed by atoms with E-state index in [1.807, 2.05) is 0 Å². The number of hydrogen-bond acceptors (Lipinski definition) is 1. The van der Waals surface area contributed by atoms with E-state index >= 15 is 0 Å². The minimum absolute atomic E-state index is 0.158. The number of rotatable bonds is 3. The van der Waals surface area contributed by atoms with Crippen molar-refractivity contribution in [2.24, 2.45) is 5.92 Å². The molecule has 94 valence electrons. The molecule has 1 aromatic rings. The van der Waals surface area contributed by atoms with Crippen LogP contribution in [0.1, 0.15) is 44.1 Å².